The van der Waals surface area contributed by atoms with Crippen LogP contribution in [0.4, 0.5) is 0 Å². The molecule has 0 aliphatic carbocycles. The molecule has 0 fully saturated rings. The molecule has 0 saturated heterocycles. The highest BCUT2D eigenvalue weighted by Gasteiger charge is 2.32. The lowest BCUT2D eigenvalue weighted by Crippen LogP contribution is -2.51. The first kappa shape index (κ1) is 14.8. The first-order valence-electron chi connectivity index (χ1n) is 5.44. The van der Waals surface area contributed by atoms with E-state index in [9.17, 15) is 4.21 Å². The largest absolute Gasteiger partial charge is 0.242 e. The molecule has 2 nitrogen and oxygen atoms in total. The van der Waals surface area contributed by atoms with Crippen LogP contribution in [-0.2, 0) is 11.0 Å². The Morgan fingerprint density at radius 3 is 2.07 bits per heavy atom. The second kappa shape index (κ2) is 5.26. The van der Waals surface area contributed by atoms with Gasteiger partial charge in [-0.2, -0.15) is 0 Å². The van der Waals surface area contributed by atoms with Gasteiger partial charge in [0.05, 0.1) is 15.7 Å². The van der Waals surface area contributed by atoms with Gasteiger partial charge in [0.25, 0.3) is 0 Å². The summed E-state index contributed by atoms with van der Waals surface area (Å²) < 4.78 is 15.0. The maximum absolute atomic E-state index is 12.0. The highest BCUT2D eigenvalue weighted by Crippen LogP contribution is 2.23. The van der Waals surface area contributed by atoms with E-state index in [-0.39, 0.29) is 10.3 Å². The molecule has 1 N–H and O–H groups in total. The molecule has 15 heavy (non-hydrogen) atoms. The van der Waals surface area contributed by atoms with Crippen molar-refractivity contribution in [2.24, 2.45) is 5.92 Å². The second-order valence-corrected chi connectivity index (χ2v) is 7.51. The minimum atomic E-state index is -1.03. The molecule has 0 amide bonds. The molecule has 0 rings (SSSR count). The minimum Gasteiger partial charge on any atom is -0.242 e. The Bertz CT molecular complexity index is 242. The maximum atomic E-state index is 12.0. The molecule has 0 aliphatic heterocycles. The van der Waals surface area contributed by atoms with Gasteiger partial charge < -0.3 is 0 Å². The lowest BCUT2D eigenvalue weighted by Gasteiger charge is -2.36. The third kappa shape index (κ3) is 4.47. The highest BCUT2D eigenvalue weighted by atomic mass is 32.2. The van der Waals surface area contributed by atoms with E-state index in [0.29, 0.717) is 5.92 Å². The number of hydrogen-bond donors (Lipinski definition) is 1. The van der Waals surface area contributed by atoms with Crippen molar-refractivity contribution in [3.8, 4) is 0 Å². The third-order valence-electron chi connectivity index (χ3n) is 2.72. The Hall–Kier alpha value is -0.150. The first-order valence-corrected chi connectivity index (χ1v) is 6.59. The molecule has 0 bridgehead atoms. The summed E-state index contributed by atoms with van der Waals surface area (Å²) in [5.41, 5.74) is -0.139. The molecule has 3 heteroatoms. The zero-order chi connectivity index (χ0) is 12.3. The maximum Gasteiger partial charge on any atom is 0.0975 e. The lowest BCUT2D eigenvalue weighted by molar-refractivity contribution is 0.312. The molecule has 90 valence electrons. The van der Waals surface area contributed by atoms with Crippen LogP contribution in [0, 0.1) is 5.92 Å². The molecular weight excluding hydrogens is 206 g/mol. The van der Waals surface area contributed by atoms with Crippen LogP contribution in [0.25, 0.3) is 0 Å². The van der Waals surface area contributed by atoms with E-state index in [4.69, 9.17) is 0 Å². The van der Waals surface area contributed by atoms with Crippen LogP contribution < -0.4 is 4.72 Å². The standard InChI is InChI=1S/C12H25NOS/c1-8-9-12(7,10(2)3)13-15(14)11(4,5)6/h8,10,13H,1,9H2,2-7H3/t12-,15+/m0/s1. The summed E-state index contributed by atoms with van der Waals surface area (Å²) in [4.78, 5) is 0. The summed E-state index contributed by atoms with van der Waals surface area (Å²) >= 11 is 0. The number of nitrogens with one attached hydrogen (secondary N) is 1. The fraction of sp³-hybridized carbons (Fsp3) is 0.833. The predicted octanol–water partition coefficient (Wildman–Crippen LogP) is 3.03. The predicted molar refractivity (Wildman–Crippen MR) is 69.1 cm³/mol. The Balaban J connectivity index is 4.70. The molecule has 0 aromatic carbocycles. The zero-order valence-corrected chi connectivity index (χ0v) is 11.7. The average Bonchev–Trinajstić information content (AvgIpc) is 2.02. The SMILES string of the molecule is C=CC[C@](C)(N[S@](=O)C(C)(C)C)C(C)C. The summed E-state index contributed by atoms with van der Waals surface area (Å²) in [6.07, 6.45) is 2.71. The van der Waals surface area contributed by atoms with Gasteiger partial charge in [-0.15, -0.1) is 6.58 Å². The van der Waals surface area contributed by atoms with Crippen molar-refractivity contribution in [1.82, 2.24) is 4.72 Å². The molecule has 0 saturated carbocycles. The van der Waals surface area contributed by atoms with Crippen molar-refractivity contribution >= 4 is 11.0 Å². The molecule has 0 unspecified atom stereocenters. The average molecular weight is 231 g/mol. The van der Waals surface area contributed by atoms with Gasteiger partial charge in [0.15, 0.2) is 0 Å². The quantitative estimate of drug-likeness (QED) is 0.724. The molecule has 0 aromatic heterocycles. The molecular formula is C12H25NOS. The molecule has 0 spiro atoms. The summed E-state index contributed by atoms with van der Waals surface area (Å²) in [6.45, 7) is 16.1. The van der Waals surface area contributed by atoms with Crippen LogP contribution >= 0.6 is 0 Å². The Morgan fingerprint density at radius 2 is 1.80 bits per heavy atom. The van der Waals surface area contributed by atoms with Crippen LogP contribution in [-0.4, -0.2) is 14.5 Å². The topological polar surface area (TPSA) is 29.1 Å². The zero-order valence-electron chi connectivity index (χ0n) is 10.9. The minimum absolute atomic E-state index is 0.139. The summed E-state index contributed by atoms with van der Waals surface area (Å²) in [7, 11) is -1.03. The van der Waals surface area contributed by atoms with Gasteiger partial charge in [-0.3, -0.25) is 0 Å². The Labute approximate surface area is 97.1 Å². The van der Waals surface area contributed by atoms with Crippen molar-refractivity contribution in [3.05, 3.63) is 12.7 Å². The molecule has 0 aromatic rings. The molecule has 0 heterocycles. The Kier molecular flexibility index (Phi) is 5.21. The smallest absolute Gasteiger partial charge is 0.0975 e. The van der Waals surface area contributed by atoms with E-state index in [1.165, 1.54) is 0 Å². The number of rotatable bonds is 5. The lowest BCUT2D eigenvalue weighted by atomic mass is 9.86. The van der Waals surface area contributed by atoms with E-state index in [1.807, 2.05) is 26.8 Å². The van der Waals surface area contributed by atoms with E-state index in [1.54, 1.807) is 0 Å². The van der Waals surface area contributed by atoms with Gasteiger partial charge in [0.2, 0.25) is 0 Å². The monoisotopic (exact) mass is 231 g/mol. The highest BCUT2D eigenvalue weighted by molar-refractivity contribution is 7.84. The van der Waals surface area contributed by atoms with Crippen molar-refractivity contribution < 1.29 is 4.21 Å². The van der Waals surface area contributed by atoms with Crippen molar-refractivity contribution in [1.29, 1.82) is 0 Å². The van der Waals surface area contributed by atoms with Crippen LogP contribution in [0.5, 0.6) is 0 Å². The van der Waals surface area contributed by atoms with Gasteiger partial charge in [-0.25, -0.2) is 8.93 Å². The van der Waals surface area contributed by atoms with Gasteiger partial charge in [0, 0.05) is 5.54 Å². The van der Waals surface area contributed by atoms with Crippen molar-refractivity contribution in [2.45, 2.75) is 58.2 Å². The summed E-state index contributed by atoms with van der Waals surface area (Å²) in [5, 5.41) is 0. The molecule has 0 aliphatic rings. The summed E-state index contributed by atoms with van der Waals surface area (Å²) in [5.74, 6) is 0.418. The molecule has 0 radical (unpaired) electrons. The van der Waals surface area contributed by atoms with Crippen molar-refractivity contribution in [2.75, 3.05) is 0 Å². The van der Waals surface area contributed by atoms with E-state index >= 15 is 0 Å². The fourth-order valence-corrected chi connectivity index (χ4v) is 2.11. The third-order valence-corrected chi connectivity index (χ3v) is 4.49. The van der Waals surface area contributed by atoms with Crippen LogP contribution in [0.2, 0.25) is 0 Å². The second-order valence-electron chi connectivity index (χ2n) is 5.55. The first-order chi connectivity index (χ1) is 6.63. The van der Waals surface area contributed by atoms with E-state index in [2.05, 4.69) is 32.1 Å². The van der Waals surface area contributed by atoms with E-state index < -0.39 is 11.0 Å². The van der Waals surface area contributed by atoms with Gasteiger partial charge in [-0.05, 0) is 40.0 Å². The van der Waals surface area contributed by atoms with Gasteiger partial charge in [0.1, 0.15) is 0 Å². The number of hydrogen-bond acceptors (Lipinski definition) is 1. The Morgan fingerprint density at radius 1 is 1.33 bits per heavy atom. The summed E-state index contributed by atoms with van der Waals surface area (Å²) in [6, 6.07) is 0. The van der Waals surface area contributed by atoms with Crippen LogP contribution in [0.1, 0.15) is 48.0 Å². The molecule has 2 atom stereocenters. The normalized spacial score (nSPS) is 18.6. The van der Waals surface area contributed by atoms with Gasteiger partial charge >= 0.3 is 0 Å². The van der Waals surface area contributed by atoms with Crippen molar-refractivity contribution in [3.63, 3.8) is 0 Å². The van der Waals surface area contributed by atoms with E-state index in [0.717, 1.165) is 6.42 Å². The van der Waals surface area contributed by atoms with Crippen LogP contribution in [0.3, 0.4) is 0 Å². The van der Waals surface area contributed by atoms with Crippen LogP contribution in [0.15, 0.2) is 12.7 Å². The van der Waals surface area contributed by atoms with Gasteiger partial charge in [-0.1, -0.05) is 19.9 Å². The fourth-order valence-electron chi connectivity index (χ4n) is 1.06.